The Hall–Kier alpha value is -1.85. The number of carboxylic acid groups (broad SMARTS) is 1. The van der Waals surface area contributed by atoms with Gasteiger partial charge in [-0.25, -0.2) is 0 Å². The first-order chi connectivity index (χ1) is 7.52. The number of hydrogen-bond acceptors (Lipinski definition) is 3. The highest BCUT2D eigenvalue weighted by Crippen LogP contribution is 2.15. The Labute approximate surface area is 93.3 Å². The van der Waals surface area contributed by atoms with Gasteiger partial charge in [0.1, 0.15) is 0 Å². The SMILES string of the molecule is CCn1cc([C@H](CC(=O)O)NC(C)=O)cn1. The summed E-state index contributed by atoms with van der Waals surface area (Å²) in [6.07, 6.45) is 3.17. The third-order valence-electron chi connectivity index (χ3n) is 2.14. The minimum Gasteiger partial charge on any atom is -0.481 e. The van der Waals surface area contributed by atoms with Crippen LogP contribution in [0.4, 0.5) is 0 Å². The number of nitrogens with zero attached hydrogens (tertiary/aromatic N) is 2. The second-order valence-electron chi connectivity index (χ2n) is 3.48. The van der Waals surface area contributed by atoms with Crippen LogP contribution in [0.25, 0.3) is 0 Å². The zero-order chi connectivity index (χ0) is 12.1. The first kappa shape index (κ1) is 12.2. The Morgan fingerprint density at radius 1 is 1.62 bits per heavy atom. The van der Waals surface area contributed by atoms with E-state index >= 15 is 0 Å². The Morgan fingerprint density at radius 3 is 2.75 bits per heavy atom. The topological polar surface area (TPSA) is 84.2 Å². The normalized spacial score (nSPS) is 12.1. The highest BCUT2D eigenvalue weighted by molar-refractivity contribution is 5.75. The maximum atomic E-state index is 11.0. The van der Waals surface area contributed by atoms with E-state index in [1.54, 1.807) is 17.1 Å². The molecule has 0 aliphatic heterocycles. The van der Waals surface area contributed by atoms with E-state index in [9.17, 15) is 9.59 Å². The predicted molar refractivity (Wildman–Crippen MR) is 56.7 cm³/mol. The van der Waals surface area contributed by atoms with Gasteiger partial charge in [-0.05, 0) is 6.92 Å². The van der Waals surface area contributed by atoms with Gasteiger partial charge >= 0.3 is 5.97 Å². The molecular formula is C10H15N3O3. The summed E-state index contributed by atoms with van der Waals surface area (Å²) in [5.74, 6) is -1.21. The summed E-state index contributed by atoms with van der Waals surface area (Å²) in [5.41, 5.74) is 0.708. The molecule has 0 aromatic carbocycles. The molecule has 1 aromatic rings. The Morgan fingerprint density at radius 2 is 2.31 bits per heavy atom. The second kappa shape index (κ2) is 5.29. The van der Waals surface area contributed by atoms with Crippen molar-refractivity contribution >= 4 is 11.9 Å². The fourth-order valence-corrected chi connectivity index (χ4v) is 1.40. The monoisotopic (exact) mass is 225 g/mol. The Kier molecular flexibility index (Phi) is 4.04. The van der Waals surface area contributed by atoms with E-state index < -0.39 is 12.0 Å². The highest BCUT2D eigenvalue weighted by atomic mass is 16.4. The van der Waals surface area contributed by atoms with Gasteiger partial charge in [0.25, 0.3) is 0 Å². The molecule has 1 amide bonds. The molecule has 1 atom stereocenters. The van der Waals surface area contributed by atoms with Crippen LogP contribution in [0.3, 0.4) is 0 Å². The van der Waals surface area contributed by atoms with Crippen molar-refractivity contribution in [2.75, 3.05) is 0 Å². The number of carbonyl (C=O) groups excluding carboxylic acids is 1. The van der Waals surface area contributed by atoms with Crippen LogP contribution in [0.15, 0.2) is 12.4 Å². The molecule has 1 aromatic heterocycles. The summed E-state index contributed by atoms with van der Waals surface area (Å²) >= 11 is 0. The fourth-order valence-electron chi connectivity index (χ4n) is 1.40. The molecule has 0 saturated carbocycles. The van der Waals surface area contributed by atoms with E-state index in [0.29, 0.717) is 12.1 Å². The summed E-state index contributed by atoms with van der Waals surface area (Å²) in [7, 11) is 0. The van der Waals surface area contributed by atoms with Gasteiger partial charge < -0.3 is 10.4 Å². The average molecular weight is 225 g/mol. The van der Waals surface area contributed by atoms with Crippen LogP contribution in [-0.4, -0.2) is 26.8 Å². The van der Waals surface area contributed by atoms with Gasteiger partial charge in [-0.2, -0.15) is 5.10 Å². The van der Waals surface area contributed by atoms with Crippen LogP contribution in [0.2, 0.25) is 0 Å². The second-order valence-corrected chi connectivity index (χ2v) is 3.48. The first-order valence-corrected chi connectivity index (χ1v) is 5.04. The van der Waals surface area contributed by atoms with Gasteiger partial charge in [0, 0.05) is 25.2 Å². The maximum Gasteiger partial charge on any atom is 0.305 e. The molecule has 0 spiro atoms. The van der Waals surface area contributed by atoms with Crippen LogP contribution >= 0.6 is 0 Å². The fraction of sp³-hybridized carbons (Fsp3) is 0.500. The number of nitrogens with one attached hydrogen (secondary N) is 1. The standard InChI is InChI=1S/C10H15N3O3/c1-3-13-6-8(5-11-13)9(4-10(15)16)12-7(2)14/h5-6,9H,3-4H2,1-2H3,(H,12,14)(H,15,16)/t9-/m0/s1. The van der Waals surface area contributed by atoms with Crippen molar-refractivity contribution in [1.82, 2.24) is 15.1 Å². The van der Waals surface area contributed by atoms with Gasteiger partial charge in [-0.15, -0.1) is 0 Å². The lowest BCUT2D eigenvalue weighted by Crippen LogP contribution is -2.27. The number of carboxylic acids is 1. The molecule has 2 N–H and O–H groups in total. The third-order valence-corrected chi connectivity index (χ3v) is 2.14. The molecule has 0 unspecified atom stereocenters. The van der Waals surface area contributed by atoms with E-state index in [1.165, 1.54) is 6.92 Å². The van der Waals surface area contributed by atoms with E-state index in [2.05, 4.69) is 10.4 Å². The molecule has 0 fully saturated rings. The van der Waals surface area contributed by atoms with Crippen molar-refractivity contribution < 1.29 is 14.7 Å². The highest BCUT2D eigenvalue weighted by Gasteiger charge is 2.17. The van der Waals surface area contributed by atoms with Crippen molar-refractivity contribution in [3.63, 3.8) is 0 Å². The summed E-state index contributed by atoms with van der Waals surface area (Å²) in [5, 5.41) is 15.4. The van der Waals surface area contributed by atoms with Crippen molar-refractivity contribution in [1.29, 1.82) is 0 Å². The lowest BCUT2D eigenvalue weighted by Gasteiger charge is -2.13. The molecule has 88 valence electrons. The Bertz CT molecular complexity index is 370. The summed E-state index contributed by atoms with van der Waals surface area (Å²) in [6, 6.07) is -0.518. The van der Waals surface area contributed by atoms with Crippen LogP contribution in [0, 0.1) is 0 Å². The van der Waals surface area contributed by atoms with Crippen LogP contribution < -0.4 is 5.32 Å². The Balaban J connectivity index is 2.82. The molecule has 1 rings (SSSR count). The van der Waals surface area contributed by atoms with Gasteiger partial charge in [0.15, 0.2) is 0 Å². The van der Waals surface area contributed by atoms with E-state index in [4.69, 9.17) is 5.11 Å². The molecule has 0 aliphatic rings. The van der Waals surface area contributed by atoms with Crippen molar-refractivity contribution in [3.8, 4) is 0 Å². The zero-order valence-corrected chi connectivity index (χ0v) is 9.30. The van der Waals surface area contributed by atoms with Gasteiger partial charge in [0.05, 0.1) is 18.7 Å². The minimum absolute atomic E-state index is 0.144. The lowest BCUT2D eigenvalue weighted by molar-refractivity contribution is -0.137. The first-order valence-electron chi connectivity index (χ1n) is 5.04. The quantitative estimate of drug-likeness (QED) is 0.766. The van der Waals surface area contributed by atoms with E-state index in [-0.39, 0.29) is 12.3 Å². The molecular weight excluding hydrogens is 210 g/mol. The summed E-state index contributed by atoms with van der Waals surface area (Å²) < 4.78 is 1.69. The lowest BCUT2D eigenvalue weighted by atomic mass is 10.1. The number of carbonyl (C=O) groups is 2. The smallest absolute Gasteiger partial charge is 0.305 e. The summed E-state index contributed by atoms with van der Waals surface area (Å²) in [4.78, 5) is 21.6. The van der Waals surface area contributed by atoms with Gasteiger partial charge in [0.2, 0.25) is 5.91 Å². The average Bonchev–Trinajstić information content (AvgIpc) is 2.63. The molecule has 0 aliphatic carbocycles. The molecule has 6 heteroatoms. The van der Waals surface area contributed by atoms with Crippen LogP contribution in [-0.2, 0) is 16.1 Å². The van der Waals surface area contributed by atoms with Crippen LogP contribution in [0.5, 0.6) is 0 Å². The van der Waals surface area contributed by atoms with Gasteiger partial charge in [-0.3, -0.25) is 14.3 Å². The molecule has 0 saturated heterocycles. The van der Waals surface area contributed by atoms with Crippen LogP contribution in [0.1, 0.15) is 31.9 Å². The third kappa shape index (κ3) is 3.38. The molecule has 0 radical (unpaired) electrons. The molecule has 6 nitrogen and oxygen atoms in total. The van der Waals surface area contributed by atoms with Crippen molar-refractivity contribution in [3.05, 3.63) is 18.0 Å². The number of aryl methyl sites for hydroxylation is 1. The van der Waals surface area contributed by atoms with E-state index in [1.807, 2.05) is 6.92 Å². The number of rotatable bonds is 5. The van der Waals surface area contributed by atoms with Crippen molar-refractivity contribution in [2.24, 2.45) is 0 Å². The number of hydrogen-bond donors (Lipinski definition) is 2. The largest absolute Gasteiger partial charge is 0.481 e. The van der Waals surface area contributed by atoms with Crippen molar-refractivity contribution in [2.45, 2.75) is 32.9 Å². The maximum absolute atomic E-state index is 11.0. The molecule has 1 heterocycles. The number of aromatic nitrogens is 2. The number of aliphatic carboxylic acids is 1. The zero-order valence-electron chi connectivity index (χ0n) is 9.30. The number of amides is 1. The summed E-state index contributed by atoms with van der Waals surface area (Å²) in [6.45, 7) is 4.00. The molecule has 16 heavy (non-hydrogen) atoms. The van der Waals surface area contributed by atoms with Gasteiger partial charge in [-0.1, -0.05) is 0 Å². The predicted octanol–water partition coefficient (Wildman–Crippen LogP) is 0.555. The molecule has 0 bridgehead atoms. The minimum atomic E-state index is -0.956. The van der Waals surface area contributed by atoms with E-state index in [0.717, 1.165) is 0 Å².